The van der Waals surface area contributed by atoms with Crippen LogP contribution in [0.5, 0.6) is 0 Å². The van der Waals surface area contributed by atoms with E-state index in [9.17, 15) is 9.59 Å². The van der Waals surface area contributed by atoms with E-state index < -0.39 is 0 Å². The van der Waals surface area contributed by atoms with Crippen molar-refractivity contribution in [2.75, 3.05) is 11.1 Å². The third-order valence-corrected chi connectivity index (χ3v) is 6.34. The van der Waals surface area contributed by atoms with Crippen LogP contribution in [0.2, 0.25) is 10.0 Å². The molecule has 0 bridgehead atoms. The second kappa shape index (κ2) is 11.5. The Hall–Kier alpha value is -2.55. The average Bonchev–Trinajstić information content (AvgIpc) is 3.12. The molecule has 1 heterocycles. The number of nitrogens with one attached hydrogen (secondary N) is 2. The summed E-state index contributed by atoms with van der Waals surface area (Å²) in [6, 6.07) is 13.5. The second-order valence-electron chi connectivity index (χ2n) is 7.88. The SMILES string of the molecule is CC(C)C[C@@H](NC(=O)c1ccccc1Cl)c1nnc(SCC(=O)Nc2cccc(Cl)c2)n1C. The summed E-state index contributed by atoms with van der Waals surface area (Å²) in [6.45, 7) is 4.14. The van der Waals surface area contributed by atoms with Crippen molar-refractivity contribution in [3.63, 3.8) is 0 Å². The van der Waals surface area contributed by atoms with Crippen LogP contribution in [0.4, 0.5) is 5.69 Å². The Labute approximate surface area is 207 Å². The molecule has 0 unspecified atom stereocenters. The van der Waals surface area contributed by atoms with Gasteiger partial charge in [-0.3, -0.25) is 9.59 Å². The molecule has 1 aromatic heterocycles. The van der Waals surface area contributed by atoms with Crippen molar-refractivity contribution in [2.24, 2.45) is 13.0 Å². The molecule has 2 amide bonds. The first-order chi connectivity index (χ1) is 15.7. The highest BCUT2D eigenvalue weighted by molar-refractivity contribution is 7.99. The molecule has 0 saturated heterocycles. The Kier molecular flexibility index (Phi) is 8.77. The molecule has 2 aromatic carbocycles. The van der Waals surface area contributed by atoms with E-state index in [1.807, 2.05) is 7.05 Å². The molecule has 0 radical (unpaired) electrons. The van der Waals surface area contributed by atoms with Crippen LogP contribution in [0.15, 0.2) is 53.7 Å². The fraction of sp³-hybridized carbons (Fsp3) is 0.304. The number of halogens is 2. The lowest BCUT2D eigenvalue weighted by atomic mass is 10.0. The van der Waals surface area contributed by atoms with Gasteiger partial charge in [0.1, 0.15) is 0 Å². The highest BCUT2D eigenvalue weighted by Gasteiger charge is 2.24. The van der Waals surface area contributed by atoms with Crippen LogP contribution in [0.1, 0.15) is 42.5 Å². The Balaban J connectivity index is 1.69. The first kappa shape index (κ1) is 25.1. The van der Waals surface area contributed by atoms with Gasteiger partial charge in [0.25, 0.3) is 5.91 Å². The smallest absolute Gasteiger partial charge is 0.253 e. The van der Waals surface area contributed by atoms with Crippen molar-refractivity contribution in [1.29, 1.82) is 0 Å². The summed E-state index contributed by atoms with van der Waals surface area (Å²) in [6.07, 6.45) is 0.669. The van der Waals surface area contributed by atoms with Crippen LogP contribution in [0.3, 0.4) is 0 Å². The number of hydrogen-bond donors (Lipinski definition) is 2. The number of aromatic nitrogens is 3. The van der Waals surface area contributed by atoms with E-state index in [1.165, 1.54) is 11.8 Å². The van der Waals surface area contributed by atoms with Gasteiger partial charge in [-0.15, -0.1) is 10.2 Å². The van der Waals surface area contributed by atoms with Gasteiger partial charge in [-0.05, 0) is 42.7 Å². The Bertz CT molecular complexity index is 1140. The molecule has 0 aliphatic rings. The fourth-order valence-corrected chi connectivity index (χ4v) is 4.36. The minimum atomic E-state index is -0.360. The molecule has 3 aromatic rings. The second-order valence-corrected chi connectivity index (χ2v) is 9.67. The zero-order chi connectivity index (χ0) is 24.0. The molecule has 2 N–H and O–H groups in total. The molecule has 33 heavy (non-hydrogen) atoms. The van der Waals surface area contributed by atoms with E-state index in [-0.39, 0.29) is 23.6 Å². The molecule has 1 atom stereocenters. The standard InChI is InChI=1S/C23H25Cl2N5O2S/c1-14(2)11-19(27-22(32)17-9-4-5-10-18(17)25)21-28-29-23(30(21)3)33-13-20(31)26-16-8-6-7-15(24)12-16/h4-10,12,14,19H,11,13H2,1-3H3,(H,26,31)(H,27,32)/t19-/m1/s1. The van der Waals surface area contributed by atoms with Crippen molar-refractivity contribution in [1.82, 2.24) is 20.1 Å². The predicted molar refractivity (Wildman–Crippen MR) is 133 cm³/mol. The van der Waals surface area contributed by atoms with E-state index in [4.69, 9.17) is 23.2 Å². The highest BCUT2D eigenvalue weighted by Crippen LogP contribution is 2.25. The number of rotatable bonds is 9. The van der Waals surface area contributed by atoms with Crippen molar-refractivity contribution in [2.45, 2.75) is 31.5 Å². The van der Waals surface area contributed by atoms with Gasteiger partial charge in [-0.2, -0.15) is 0 Å². The molecule has 3 rings (SSSR count). The van der Waals surface area contributed by atoms with E-state index in [2.05, 4.69) is 34.7 Å². The van der Waals surface area contributed by atoms with E-state index >= 15 is 0 Å². The summed E-state index contributed by atoms with van der Waals surface area (Å²) in [5.41, 5.74) is 1.04. The predicted octanol–water partition coefficient (Wildman–Crippen LogP) is 5.37. The van der Waals surface area contributed by atoms with Crippen LogP contribution in [-0.2, 0) is 11.8 Å². The topological polar surface area (TPSA) is 88.9 Å². The van der Waals surface area contributed by atoms with Gasteiger partial charge in [0.15, 0.2) is 11.0 Å². The fourth-order valence-electron chi connectivity index (χ4n) is 3.23. The number of amides is 2. The summed E-state index contributed by atoms with van der Waals surface area (Å²) in [4.78, 5) is 25.2. The van der Waals surface area contributed by atoms with Gasteiger partial charge >= 0.3 is 0 Å². The summed E-state index contributed by atoms with van der Waals surface area (Å²) >= 11 is 13.4. The van der Waals surface area contributed by atoms with Crippen LogP contribution in [0.25, 0.3) is 0 Å². The first-order valence-corrected chi connectivity index (χ1v) is 12.1. The molecular weight excluding hydrogens is 481 g/mol. The largest absolute Gasteiger partial charge is 0.342 e. The summed E-state index contributed by atoms with van der Waals surface area (Å²) in [7, 11) is 1.82. The van der Waals surface area contributed by atoms with Gasteiger partial charge in [0, 0.05) is 17.8 Å². The first-order valence-electron chi connectivity index (χ1n) is 10.4. The number of carbonyl (C=O) groups excluding carboxylic acids is 2. The van der Waals surface area contributed by atoms with Crippen LogP contribution >= 0.6 is 35.0 Å². The van der Waals surface area contributed by atoms with E-state index in [0.717, 1.165) is 0 Å². The van der Waals surface area contributed by atoms with Gasteiger partial charge in [0.2, 0.25) is 5.91 Å². The molecule has 0 fully saturated rings. The quantitative estimate of drug-likeness (QED) is 0.381. The average molecular weight is 506 g/mol. The number of carbonyl (C=O) groups is 2. The lowest BCUT2D eigenvalue weighted by Crippen LogP contribution is -2.31. The van der Waals surface area contributed by atoms with E-state index in [1.54, 1.807) is 53.1 Å². The van der Waals surface area contributed by atoms with Gasteiger partial charge in [0.05, 0.1) is 22.4 Å². The van der Waals surface area contributed by atoms with Crippen LogP contribution in [0, 0.1) is 5.92 Å². The van der Waals surface area contributed by atoms with Crippen LogP contribution < -0.4 is 10.6 Å². The normalized spacial score (nSPS) is 11.9. The molecule has 0 aliphatic carbocycles. The Morgan fingerprint density at radius 2 is 1.85 bits per heavy atom. The summed E-state index contributed by atoms with van der Waals surface area (Å²) in [5.74, 6) is 0.612. The maximum atomic E-state index is 12.8. The maximum absolute atomic E-state index is 12.8. The van der Waals surface area contributed by atoms with Crippen molar-refractivity contribution >= 4 is 52.5 Å². The number of anilines is 1. The maximum Gasteiger partial charge on any atom is 0.253 e. The highest BCUT2D eigenvalue weighted by atomic mass is 35.5. The lowest BCUT2D eigenvalue weighted by molar-refractivity contribution is -0.113. The lowest BCUT2D eigenvalue weighted by Gasteiger charge is -2.20. The van der Waals surface area contributed by atoms with E-state index in [0.29, 0.717) is 44.6 Å². The molecule has 0 saturated carbocycles. The van der Waals surface area contributed by atoms with Crippen molar-refractivity contribution < 1.29 is 9.59 Å². The van der Waals surface area contributed by atoms with Gasteiger partial charge < -0.3 is 15.2 Å². The zero-order valence-electron chi connectivity index (χ0n) is 18.5. The zero-order valence-corrected chi connectivity index (χ0v) is 20.8. The molecule has 10 heteroatoms. The Morgan fingerprint density at radius 3 is 2.55 bits per heavy atom. The van der Waals surface area contributed by atoms with Crippen molar-refractivity contribution in [3.05, 3.63) is 70.0 Å². The van der Waals surface area contributed by atoms with Gasteiger partial charge in [-0.1, -0.05) is 67.0 Å². The minimum Gasteiger partial charge on any atom is -0.342 e. The molecule has 0 aliphatic heterocycles. The minimum absolute atomic E-state index is 0.152. The third kappa shape index (κ3) is 6.96. The molecule has 7 nitrogen and oxygen atoms in total. The molecular formula is C23H25Cl2N5O2S. The van der Waals surface area contributed by atoms with Gasteiger partial charge in [-0.25, -0.2) is 0 Å². The molecule has 0 spiro atoms. The summed E-state index contributed by atoms with van der Waals surface area (Å²) < 4.78 is 1.80. The Morgan fingerprint density at radius 1 is 1.09 bits per heavy atom. The van der Waals surface area contributed by atoms with Crippen LogP contribution in [-0.4, -0.2) is 32.3 Å². The number of hydrogen-bond acceptors (Lipinski definition) is 5. The summed E-state index contributed by atoms with van der Waals surface area (Å²) in [5, 5.41) is 15.9. The monoisotopic (exact) mass is 505 g/mol. The number of thioether (sulfide) groups is 1. The number of benzene rings is 2. The third-order valence-electron chi connectivity index (χ3n) is 4.75. The van der Waals surface area contributed by atoms with Crippen molar-refractivity contribution in [3.8, 4) is 0 Å². The molecule has 174 valence electrons. The number of nitrogens with zero attached hydrogens (tertiary/aromatic N) is 3.